The number of methoxy groups -OCH3 is 2. The van der Waals surface area contributed by atoms with Gasteiger partial charge < -0.3 is 39.7 Å². The molecule has 0 aliphatic heterocycles. The number of aliphatic hydroxyl groups is 1. The van der Waals surface area contributed by atoms with Gasteiger partial charge in [0.25, 0.3) is 0 Å². The normalized spacial score (nSPS) is 11.5. The van der Waals surface area contributed by atoms with E-state index in [0.717, 1.165) is 42.1 Å². The summed E-state index contributed by atoms with van der Waals surface area (Å²) >= 11 is 0. The van der Waals surface area contributed by atoms with Crippen molar-refractivity contribution in [3.05, 3.63) is 59.7 Å². The summed E-state index contributed by atoms with van der Waals surface area (Å²) in [6.45, 7) is 2.64. The largest absolute Gasteiger partial charge is 0.497 e. The number of ether oxygens (including phenoxy) is 3. The van der Waals surface area contributed by atoms with Crippen LogP contribution in [0.3, 0.4) is 0 Å². The zero-order valence-corrected chi connectivity index (χ0v) is 20.6. The van der Waals surface area contributed by atoms with Crippen LogP contribution in [-0.2, 0) is 14.3 Å². The molecule has 0 spiro atoms. The standard InChI is InChI=1S/C23H34N2O4.C2H2O4/c1-25(2)15-5-14-24-16-20(26)17-29-23(18-6-10-21(27-3)11-7-18)19-8-12-22(28-4)13-9-19;3-1(4)2(5)6/h6-13,20,23-24,26H,5,14-17H2,1-4H3;(H,3,4)(H,5,6). The summed E-state index contributed by atoms with van der Waals surface area (Å²) in [6.07, 6.45) is 0.185. The van der Waals surface area contributed by atoms with Crippen LogP contribution in [-0.4, -0.2) is 92.8 Å². The number of carboxylic acid groups (broad SMARTS) is 2. The predicted octanol–water partition coefficient (Wildman–Crippen LogP) is 1.87. The zero-order chi connectivity index (χ0) is 26.2. The van der Waals surface area contributed by atoms with Crippen LogP contribution in [0.1, 0.15) is 23.7 Å². The van der Waals surface area contributed by atoms with Crippen LogP contribution in [0.25, 0.3) is 0 Å². The van der Waals surface area contributed by atoms with E-state index in [0.29, 0.717) is 6.54 Å². The Bertz CT molecular complexity index is 813. The lowest BCUT2D eigenvalue weighted by molar-refractivity contribution is -0.159. The molecule has 4 N–H and O–H groups in total. The summed E-state index contributed by atoms with van der Waals surface area (Å²) in [7, 11) is 7.41. The highest BCUT2D eigenvalue weighted by Gasteiger charge is 2.17. The number of aliphatic hydroxyl groups excluding tert-OH is 1. The van der Waals surface area contributed by atoms with Crippen LogP contribution in [0.2, 0.25) is 0 Å². The monoisotopic (exact) mass is 492 g/mol. The number of rotatable bonds is 13. The molecule has 0 heterocycles. The fraction of sp³-hybridized carbons (Fsp3) is 0.440. The summed E-state index contributed by atoms with van der Waals surface area (Å²) in [6, 6.07) is 15.6. The molecule has 10 nitrogen and oxygen atoms in total. The molecule has 0 aliphatic carbocycles. The Morgan fingerprint density at radius 3 is 1.71 bits per heavy atom. The van der Waals surface area contributed by atoms with Crippen molar-refractivity contribution in [2.24, 2.45) is 0 Å². The molecule has 2 aromatic carbocycles. The number of nitrogens with zero attached hydrogens (tertiary/aromatic N) is 1. The molecule has 0 amide bonds. The van der Waals surface area contributed by atoms with E-state index in [1.54, 1.807) is 14.2 Å². The van der Waals surface area contributed by atoms with Gasteiger partial charge in [0.1, 0.15) is 17.6 Å². The van der Waals surface area contributed by atoms with Gasteiger partial charge in [-0.25, -0.2) is 9.59 Å². The van der Waals surface area contributed by atoms with Crippen LogP contribution in [0, 0.1) is 0 Å². The highest BCUT2D eigenvalue weighted by molar-refractivity contribution is 6.27. The molecule has 35 heavy (non-hydrogen) atoms. The maximum Gasteiger partial charge on any atom is 0.414 e. The zero-order valence-electron chi connectivity index (χ0n) is 20.6. The Labute approximate surface area is 206 Å². The van der Waals surface area contributed by atoms with E-state index in [1.165, 1.54) is 0 Å². The summed E-state index contributed by atoms with van der Waals surface area (Å²) in [4.78, 5) is 20.3. The van der Waals surface area contributed by atoms with Gasteiger partial charge in [-0.3, -0.25) is 0 Å². The van der Waals surface area contributed by atoms with Crippen LogP contribution >= 0.6 is 0 Å². The Morgan fingerprint density at radius 1 is 0.886 bits per heavy atom. The minimum atomic E-state index is -1.82. The van der Waals surface area contributed by atoms with Gasteiger partial charge in [-0.05, 0) is 69.0 Å². The highest BCUT2D eigenvalue weighted by atomic mass is 16.5. The Balaban J connectivity index is 0.000000905. The first kappa shape index (κ1) is 29.9. The molecule has 1 unspecified atom stereocenters. The van der Waals surface area contributed by atoms with Gasteiger partial charge in [0.15, 0.2) is 0 Å². The molecule has 2 aromatic rings. The minimum Gasteiger partial charge on any atom is -0.497 e. The van der Waals surface area contributed by atoms with Crippen LogP contribution in [0.15, 0.2) is 48.5 Å². The van der Waals surface area contributed by atoms with Crippen molar-refractivity contribution in [3.8, 4) is 11.5 Å². The van der Waals surface area contributed by atoms with Gasteiger partial charge in [-0.1, -0.05) is 24.3 Å². The van der Waals surface area contributed by atoms with Crippen molar-refractivity contribution in [1.82, 2.24) is 10.2 Å². The van der Waals surface area contributed by atoms with Crippen molar-refractivity contribution >= 4 is 11.9 Å². The maximum atomic E-state index is 10.3. The third-order valence-corrected chi connectivity index (χ3v) is 4.81. The Hall–Kier alpha value is -3.18. The molecule has 0 saturated carbocycles. The van der Waals surface area contributed by atoms with Crippen molar-refractivity contribution in [2.45, 2.75) is 18.6 Å². The molecule has 194 valence electrons. The van der Waals surface area contributed by atoms with Crippen molar-refractivity contribution in [2.75, 3.05) is 54.6 Å². The SMILES string of the molecule is COc1ccc(C(OCC(O)CNCCCN(C)C)c2ccc(OC)cc2)cc1.O=C(O)C(=O)O. The van der Waals surface area contributed by atoms with Gasteiger partial charge in [-0.2, -0.15) is 0 Å². The molecule has 0 aliphatic rings. The van der Waals surface area contributed by atoms with E-state index in [4.69, 9.17) is 34.0 Å². The maximum absolute atomic E-state index is 10.3. The first-order chi connectivity index (χ1) is 16.7. The topological polar surface area (TPSA) is 138 Å². The third kappa shape index (κ3) is 12.2. The molecule has 1 atom stereocenters. The van der Waals surface area contributed by atoms with Gasteiger partial charge in [0.05, 0.1) is 26.9 Å². The number of aliphatic carboxylic acids is 2. The quantitative estimate of drug-likeness (QED) is 0.242. The molecule has 0 aromatic heterocycles. The second-order valence-corrected chi connectivity index (χ2v) is 7.88. The van der Waals surface area contributed by atoms with E-state index < -0.39 is 18.0 Å². The second kappa shape index (κ2) is 16.4. The lowest BCUT2D eigenvalue weighted by Gasteiger charge is -2.22. The molecule has 0 bridgehead atoms. The number of nitrogens with one attached hydrogen (secondary N) is 1. The molecule has 0 saturated heterocycles. The molecule has 0 radical (unpaired) electrons. The number of hydrogen-bond acceptors (Lipinski definition) is 8. The lowest BCUT2D eigenvalue weighted by atomic mass is 10.0. The van der Waals surface area contributed by atoms with E-state index in [-0.39, 0.29) is 12.7 Å². The van der Waals surface area contributed by atoms with Gasteiger partial charge >= 0.3 is 11.9 Å². The fourth-order valence-electron chi connectivity index (χ4n) is 3.00. The summed E-state index contributed by atoms with van der Waals surface area (Å²) in [5.74, 6) is -2.06. The number of carbonyl (C=O) groups is 2. The number of hydrogen-bond donors (Lipinski definition) is 4. The molecular formula is C25H36N2O8. The second-order valence-electron chi connectivity index (χ2n) is 7.88. The average Bonchev–Trinajstić information content (AvgIpc) is 2.84. The summed E-state index contributed by atoms with van der Waals surface area (Å²) in [5.41, 5.74) is 2.00. The Kier molecular flexibility index (Phi) is 14.0. The molecule has 10 heteroatoms. The Morgan fingerprint density at radius 2 is 1.34 bits per heavy atom. The minimum absolute atomic E-state index is 0.239. The lowest BCUT2D eigenvalue weighted by Crippen LogP contribution is -2.32. The van der Waals surface area contributed by atoms with Gasteiger partial charge in [0, 0.05) is 6.54 Å². The van der Waals surface area contributed by atoms with Crippen molar-refractivity contribution < 1.29 is 39.1 Å². The van der Waals surface area contributed by atoms with Crippen LogP contribution < -0.4 is 14.8 Å². The molecule has 0 fully saturated rings. The smallest absolute Gasteiger partial charge is 0.414 e. The molecule has 2 rings (SSSR count). The van der Waals surface area contributed by atoms with Crippen LogP contribution in [0.4, 0.5) is 0 Å². The van der Waals surface area contributed by atoms with E-state index >= 15 is 0 Å². The molecular weight excluding hydrogens is 456 g/mol. The highest BCUT2D eigenvalue weighted by Crippen LogP contribution is 2.29. The number of carboxylic acids is 2. The van der Waals surface area contributed by atoms with E-state index in [1.807, 2.05) is 48.5 Å². The predicted molar refractivity (Wildman–Crippen MR) is 131 cm³/mol. The van der Waals surface area contributed by atoms with E-state index in [2.05, 4.69) is 24.3 Å². The third-order valence-electron chi connectivity index (χ3n) is 4.81. The first-order valence-electron chi connectivity index (χ1n) is 11.1. The van der Waals surface area contributed by atoms with Crippen LogP contribution in [0.5, 0.6) is 11.5 Å². The van der Waals surface area contributed by atoms with E-state index in [9.17, 15) is 5.11 Å². The van der Waals surface area contributed by atoms with Crippen molar-refractivity contribution in [1.29, 1.82) is 0 Å². The van der Waals surface area contributed by atoms with Crippen molar-refractivity contribution in [3.63, 3.8) is 0 Å². The fourth-order valence-corrected chi connectivity index (χ4v) is 3.00. The van der Waals surface area contributed by atoms with Gasteiger partial charge in [-0.15, -0.1) is 0 Å². The van der Waals surface area contributed by atoms with Gasteiger partial charge in [0.2, 0.25) is 0 Å². The number of benzene rings is 2. The summed E-state index contributed by atoms with van der Waals surface area (Å²) < 4.78 is 16.6. The summed E-state index contributed by atoms with van der Waals surface area (Å²) in [5, 5.41) is 28.4. The first-order valence-corrected chi connectivity index (χ1v) is 11.1. The average molecular weight is 493 g/mol.